The van der Waals surface area contributed by atoms with Crippen LogP contribution in [-0.2, 0) is 0 Å². The molecule has 0 aliphatic heterocycles. The van der Waals surface area contributed by atoms with Crippen molar-refractivity contribution in [2.75, 3.05) is 13.6 Å². The van der Waals surface area contributed by atoms with Crippen LogP contribution < -0.4 is 0 Å². The summed E-state index contributed by atoms with van der Waals surface area (Å²) >= 11 is 6.02. The smallest absolute Gasteiger partial charge is 0.0917 e. The van der Waals surface area contributed by atoms with Crippen molar-refractivity contribution in [3.05, 3.63) is 34.3 Å². The molecule has 1 saturated carbocycles. The van der Waals surface area contributed by atoms with E-state index in [1.165, 1.54) is 32.1 Å². The minimum absolute atomic E-state index is 0.428. The Kier molecular flexibility index (Phi) is 5.26. The van der Waals surface area contributed by atoms with Gasteiger partial charge in [0.15, 0.2) is 0 Å². The fourth-order valence-corrected chi connectivity index (χ4v) is 3.04. The topological polar surface area (TPSA) is 23.5 Å². The highest BCUT2D eigenvalue weighted by molar-refractivity contribution is 6.31. The lowest BCUT2D eigenvalue weighted by Crippen LogP contribution is -2.36. The van der Waals surface area contributed by atoms with E-state index in [2.05, 4.69) is 11.9 Å². The largest absolute Gasteiger partial charge is 0.387 e. The number of aliphatic hydroxyl groups is 1. The first-order valence-corrected chi connectivity index (χ1v) is 7.60. The molecule has 0 amide bonds. The molecule has 19 heavy (non-hydrogen) atoms. The van der Waals surface area contributed by atoms with Crippen LogP contribution in [0.1, 0.15) is 49.3 Å². The molecule has 1 aliphatic rings. The van der Waals surface area contributed by atoms with E-state index in [9.17, 15) is 5.11 Å². The maximum absolute atomic E-state index is 10.4. The van der Waals surface area contributed by atoms with Gasteiger partial charge in [0.25, 0.3) is 0 Å². The summed E-state index contributed by atoms with van der Waals surface area (Å²) in [5.41, 5.74) is 1.99. The Morgan fingerprint density at radius 1 is 1.32 bits per heavy atom. The van der Waals surface area contributed by atoms with Gasteiger partial charge in [-0.2, -0.15) is 0 Å². The van der Waals surface area contributed by atoms with E-state index in [1.807, 2.05) is 25.1 Å². The zero-order valence-corrected chi connectivity index (χ0v) is 12.7. The molecule has 1 aromatic carbocycles. The molecule has 1 N–H and O–H groups in total. The maximum Gasteiger partial charge on any atom is 0.0917 e. The minimum Gasteiger partial charge on any atom is -0.387 e. The van der Waals surface area contributed by atoms with E-state index in [1.54, 1.807) is 0 Å². The summed E-state index contributed by atoms with van der Waals surface area (Å²) in [7, 11) is 2.13. The van der Waals surface area contributed by atoms with Crippen LogP contribution in [0.2, 0.25) is 5.02 Å². The van der Waals surface area contributed by atoms with Crippen molar-refractivity contribution < 1.29 is 5.11 Å². The monoisotopic (exact) mass is 281 g/mol. The summed E-state index contributed by atoms with van der Waals surface area (Å²) in [6.45, 7) is 2.68. The van der Waals surface area contributed by atoms with Crippen LogP contribution in [0.25, 0.3) is 0 Å². The number of hydrogen-bond acceptors (Lipinski definition) is 2. The molecular formula is C16H24ClNO. The Morgan fingerprint density at radius 2 is 2.00 bits per heavy atom. The quantitative estimate of drug-likeness (QED) is 0.903. The molecule has 0 bridgehead atoms. The molecule has 1 aliphatic carbocycles. The molecule has 0 spiro atoms. The Hall–Kier alpha value is -0.570. The molecule has 0 saturated heterocycles. The molecule has 106 valence electrons. The van der Waals surface area contributed by atoms with Crippen LogP contribution >= 0.6 is 11.6 Å². The molecule has 3 heteroatoms. The van der Waals surface area contributed by atoms with Gasteiger partial charge in [-0.15, -0.1) is 0 Å². The number of hydrogen-bond donors (Lipinski definition) is 1. The molecule has 1 unspecified atom stereocenters. The van der Waals surface area contributed by atoms with Gasteiger partial charge in [-0.3, -0.25) is 0 Å². The number of aryl methyl sites for hydroxylation is 1. The highest BCUT2D eigenvalue weighted by Gasteiger charge is 2.20. The summed E-state index contributed by atoms with van der Waals surface area (Å²) in [4.78, 5) is 2.31. The molecular weight excluding hydrogens is 258 g/mol. The lowest BCUT2D eigenvalue weighted by atomic mass is 9.94. The predicted molar refractivity (Wildman–Crippen MR) is 80.7 cm³/mol. The van der Waals surface area contributed by atoms with Gasteiger partial charge in [-0.25, -0.2) is 0 Å². The van der Waals surface area contributed by atoms with Crippen molar-refractivity contribution in [3.63, 3.8) is 0 Å². The Morgan fingerprint density at radius 3 is 2.63 bits per heavy atom. The Labute approximate surface area is 121 Å². The second-order valence-electron chi connectivity index (χ2n) is 5.76. The Balaban J connectivity index is 1.95. The zero-order valence-electron chi connectivity index (χ0n) is 11.9. The number of benzene rings is 1. The molecule has 1 fully saturated rings. The second kappa shape index (κ2) is 6.74. The Bertz CT molecular complexity index is 415. The molecule has 1 atom stereocenters. The van der Waals surface area contributed by atoms with Gasteiger partial charge in [-0.1, -0.05) is 43.0 Å². The van der Waals surface area contributed by atoms with E-state index in [4.69, 9.17) is 11.6 Å². The van der Waals surface area contributed by atoms with Gasteiger partial charge in [0.2, 0.25) is 0 Å². The lowest BCUT2D eigenvalue weighted by molar-refractivity contribution is 0.0914. The fourth-order valence-electron chi connectivity index (χ4n) is 2.92. The van der Waals surface area contributed by atoms with E-state index >= 15 is 0 Å². The summed E-state index contributed by atoms with van der Waals surface area (Å²) in [6, 6.07) is 6.42. The second-order valence-corrected chi connectivity index (χ2v) is 6.16. The van der Waals surface area contributed by atoms with Gasteiger partial charge < -0.3 is 10.0 Å². The molecule has 1 aromatic rings. The molecule has 0 heterocycles. The zero-order chi connectivity index (χ0) is 13.8. The standard InChI is InChI=1S/C16H24ClNO/c1-12-10-13(8-9-15(12)17)16(19)11-18(2)14-6-4-3-5-7-14/h8-10,14,16,19H,3-7,11H2,1-2H3. The van der Waals surface area contributed by atoms with Crippen molar-refractivity contribution in [1.82, 2.24) is 4.90 Å². The van der Waals surface area contributed by atoms with E-state index in [0.717, 1.165) is 16.1 Å². The van der Waals surface area contributed by atoms with Crippen LogP contribution in [0, 0.1) is 6.92 Å². The van der Waals surface area contributed by atoms with Gasteiger partial charge >= 0.3 is 0 Å². The number of nitrogens with zero attached hydrogens (tertiary/aromatic N) is 1. The number of halogens is 1. The van der Waals surface area contributed by atoms with Gasteiger partial charge in [0, 0.05) is 17.6 Å². The SMILES string of the molecule is Cc1cc(C(O)CN(C)C2CCCCC2)ccc1Cl. The maximum atomic E-state index is 10.4. The summed E-state index contributed by atoms with van der Waals surface area (Å²) in [5, 5.41) is 11.1. The van der Waals surface area contributed by atoms with Crippen LogP contribution in [0.15, 0.2) is 18.2 Å². The van der Waals surface area contributed by atoms with Crippen molar-refractivity contribution in [1.29, 1.82) is 0 Å². The van der Waals surface area contributed by atoms with Crippen molar-refractivity contribution in [3.8, 4) is 0 Å². The van der Waals surface area contributed by atoms with Crippen molar-refractivity contribution in [2.45, 2.75) is 51.2 Å². The van der Waals surface area contributed by atoms with Gasteiger partial charge in [0.05, 0.1) is 6.10 Å². The average molecular weight is 282 g/mol. The van der Waals surface area contributed by atoms with Crippen molar-refractivity contribution >= 4 is 11.6 Å². The van der Waals surface area contributed by atoms with Crippen LogP contribution in [-0.4, -0.2) is 29.6 Å². The third-order valence-electron chi connectivity index (χ3n) is 4.23. The van der Waals surface area contributed by atoms with Crippen molar-refractivity contribution in [2.24, 2.45) is 0 Å². The fraction of sp³-hybridized carbons (Fsp3) is 0.625. The van der Waals surface area contributed by atoms with Crippen LogP contribution in [0.3, 0.4) is 0 Å². The first-order valence-electron chi connectivity index (χ1n) is 7.22. The highest BCUT2D eigenvalue weighted by Crippen LogP contribution is 2.25. The van der Waals surface area contributed by atoms with E-state index in [0.29, 0.717) is 12.6 Å². The van der Waals surface area contributed by atoms with Crippen LogP contribution in [0.5, 0.6) is 0 Å². The highest BCUT2D eigenvalue weighted by atomic mass is 35.5. The third kappa shape index (κ3) is 3.95. The average Bonchev–Trinajstić information content (AvgIpc) is 2.42. The van der Waals surface area contributed by atoms with Crippen LogP contribution in [0.4, 0.5) is 0 Å². The number of rotatable bonds is 4. The van der Waals surface area contributed by atoms with E-state index < -0.39 is 6.10 Å². The first kappa shape index (κ1) is 14.8. The molecule has 2 rings (SSSR count). The normalized spacial score (nSPS) is 18.8. The lowest BCUT2D eigenvalue weighted by Gasteiger charge is -2.32. The van der Waals surface area contributed by atoms with Gasteiger partial charge in [-0.05, 0) is 44.0 Å². The molecule has 2 nitrogen and oxygen atoms in total. The van der Waals surface area contributed by atoms with Gasteiger partial charge in [0.1, 0.15) is 0 Å². The first-order chi connectivity index (χ1) is 9.08. The third-order valence-corrected chi connectivity index (χ3v) is 4.65. The number of likely N-dealkylation sites (N-methyl/N-ethyl adjacent to an activating group) is 1. The summed E-state index contributed by atoms with van der Waals surface area (Å²) in [6.07, 6.45) is 6.12. The minimum atomic E-state index is -0.428. The molecule has 0 radical (unpaired) electrons. The number of aliphatic hydroxyl groups excluding tert-OH is 1. The predicted octanol–water partition coefficient (Wildman–Crippen LogP) is 3.95. The molecule has 0 aromatic heterocycles. The summed E-state index contributed by atoms with van der Waals surface area (Å²) < 4.78 is 0. The van der Waals surface area contributed by atoms with E-state index in [-0.39, 0.29) is 0 Å². The summed E-state index contributed by atoms with van der Waals surface area (Å²) in [5.74, 6) is 0.